The first-order valence-electron chi connectivity index (χ1n) is 7.04. The zero-order chi connectivity index (χ0) is 14.1. The molecule has 0 amide bonds. The standard InChI is InChI=1S/C17H15N3S/c1-2-6-14-13(5-1)12(11-19-14)9-10-18-17-20-15-7-3-4-8-16(15)21-17/h1-8,11,19H,9-10H2,(H,18,20). The Kier molecular flexibility index (Phi) is 3.09. The molecule has 0 fully saturated rings. The van der Waals surface area contributed by atoms with E-state index >= 15 is 0 Å². The van der Waals surface area contributed by atoms with Crippen molar-refractivity contribution in [1.29, 1.82) is 0 Å². The highest BCUT2D eigenvalue weighted by molar-refractivity contribution is 7.22. The summed E-state index contributed by atoms with van der Waals surface area (Å²) < 4.78 is 1.23. The highest BCUT2D eigenvalue weighted by Crippen LogP contribution is 2.25. The smallest absolute Gasteiger partial charge is 0.183 e. The fourth-order valence-electron chi connectivity index (χ4n) is 2.59. The van der Waals surface area contributed by atoms with E-state index < -0.39 is 0 Å². The van der Waals surface area contributed by atoms with Crippen molar-refractivity contribution in [3.8, 4) is 0 Å². The molecule has 2 aromatic heterocycles. The van der Waals surface area contributed by atoms with Crippen molar-refractivity contribution in [2.75, 3.05) is 11.9 Å². The lowest BCUT2D eigenvalue weighted by molar-refractivity contribution is 1.03. The van der Waals surface area contributed by atoms with E-state index in [2.05, 4.69) is 63.9 Å². The van der Waals surface area contributed by atoms with Crippen molar-refractivity contribution >= 4 is 37.6 Å². The van der Waals surface area contributed by atoms with E-state index in [4.69, 9.17) is 0 Å². The lowest BCUT2D eigenvalue weighted by Gasteiger charge is -2.01. The molecule has 0 bridgehead atoms. The molecule has 4 rings (SSSR count). The van der Waals surface area contributed by atoms with E-state index in [1.54, 1.807) is 11.3 Å². The Bertz CT molecular complexity index is 858. The van der Waals surface area contributed by atoms with Gasteiger partial charge in [-0.05, 0) is 30.2 Å². The summed E-state index contributed by atoms with van der Waals surface area (Å²) in [6, 6.07) is 16.7. The van der Waals surface area contributed by atoms with Crippen LogP contribution < -0.4 is 5.32 Å². The van der Waals surface area contributed by atoms with E-state index in [9.17, 15) is 0 Å². The molecule has 2 heterocycles. The van der Waals surface area contributed by atoms with Crippen LogP contribution >= 0.6 is 11.3 Å². The van der Waals surface area contributed by atoms with Crippen molar-refractivity contribution in [1.82, 2.24) is 9.97 Å². The summed E-state index contributed by atoms with van der Waals surface area (Å²) in [5.41, 5.74) is 3.61. The van der Waals surface area contributed by atoms with E-state index in [0.29, 0.717) is 0 Å². The summed E-state index contributed by atoms with van der Waals surface area (Å²) in [4.78, 5) is 7.91. The first-order valence-corrected chi connectivity index (χ1v) is 7.86. The van der Waals surface area contributed by atoms with Gasteiger partial charge < -0.3 is 10.3 Å². The normalized spacial score (nSPS) is 11.2. The Balaban J connectivity index is 1.47. The molecule has 3 nitrogen and oxygen atoms in total. The molecule has 0 unspecified atom stereocenters. The maximum Gasteiger partial charge on any atom is 0.183 e. The Labute approximate surface area is 126 Å². The number of nitrogens with zero attached hydrogens (tertiary/aromatic N) is 1. The predicted molar refractivity (Wildman–Crippen MR) is 90.1 cm³/mol. The third kappa shape index (κ3) is 2.38. The predicted octanol–water partition coefficient (Wildman–Crippen LogP) is 4.43. The minimum atomic E-state index is 0.891. The van der Waals surface area contributed by atoms with Gasteiger partial charge >= 0.3 is 0 Å². The fourth-order valence-corrected chi connectivity index (χ4v) is 3.48. The summed E-state index contributed by atoms with van der Waals surface area (Å²) in [5.74, 6) is 0. The fraction of sp³-hybridized carbons (Fsp3) is 0.118. The Hall–Kier alpha value is -2.33. The van der Waals surface area contributed by atoms with E-state index in [-0.39, 0.29) is 0 Å². The minimum absolute atomic E-state index is 0.891. The zero-order valence-corrected chi connectivity index (χ0v) is 12.3. The van der Waals surface area contributed by atoms with Gasteiger partial charge in [-0.2, -0.15) is 0 Å². The highest BCUT2D eigenvalue weighted by Gasteiger charge is 2.04. The van der Waals surface area contributed by atoms with Crippen molar-refractivity contribution in [3.63, 3.8) is 0 Å². The van der Waals surface area contributed by atoms with Crippen LogP contribution in [0.5, 0.6) is 0 Å². The molecule has 0 aliphatic rings. The van der Waals surface area contributed by atoms with E-state index in [1.807, 2.05) is 6.07 Å². The second-order valence-electron chi connectivity index (χ2n) is 5.02. The van der Waals surface area contributed by atoms with Crippen molar-refractivity contribution < 1.29 is 0 Å². The van der Waals surface area contributed by atoms with Crippen LogP contribution in [0.15, 0.2) is 54.7 Å². The Morgan fingerprint density at radius 2 is 1.90 bits per heavy atom. The molecule has 0 aliphatic carbocycles. The summed E-state index contributed by atoms with van der Waals surface area (Å²) >= 11 is 1.71. The quantitative estimate of drug-likeness (QED) is 0.584. The number of H-pyrrole nitrogens is 1. The van der Waals surface area contributed by atoms with Gasteiger partial charge in [0.25, 0.3) is 0 Å². The molecule has 0 atom stereocenters. The molecular formula is C17H15N3S. The molecule has 2 N–H and O–H groups in total. The summed E-state index contributed by atoms with van der Waals surface area (Å²) in [6.45, 7) is 0.891. The summed E-state index contributed by atoms with van der Waals surface area (Å²) in [5, 5.41) is 5.74. The lowest BCUT2D eigenvalue weighted by atomic mass is 10.1. The van der Waals surface area contributed by atoms with Crippen molar-refractivity contribution in [3.05, 3.63) is 60.3 Å². The maximum absolute atomic E-state index is 4.59. The van der Waals surface area contributed by atoms with E-state index in [1.165, 1.54) is 21.2 Å². The third-order valence-corrected chi connectivity index (χ3v) is 4.63. The van der Waals surface area contributed by atoms with Gasteiger partial charge in [0.1, 0.15) is 0 Å². The molecule has 0 saturated heterocycles. The number of aromatic amines is 1. The van der Waals surface area contributed by atoms with Crippen LogP contribution in [-0.2, 0) is 6.42 Å². The van der Waals surface area contributed by atoms with Gasteiger partial charge in [0, 0.05) is 23.6 Å². The number of hydrogen-bond acceptors (Lipinski definition) is 3. The van der Waals surface area contributed by atoms with Gasteiger partial charge in [0.15, 0.2) is 5.13 Å². The molecule has 0 spiro atoms. The van der Waals surface area contributed by atoms with Crippen molar-refractivity contribution in [2.24, 2.45) is 0 Å². The van der Waals surface area contributed by atoms with E-state index in [0.717, 1.165) is 23.6 Å². The van der Waals surface area contributed by atoms with Crippen LogP contribution in [0.25, 0.3) is 21.1 Å². The molecule has 104 valence electrons. The Morgan fingerprint density at radius 1 is 1.05 bits per heavy atom. The first-order chi connectivity index (χ1) is 10.4. The van der Waals surface area contributed by atoms with Crippen LogP contribution in [0, 0.1) is 0 Å². The van der Waals surface area contributed by atoms with Crippen LogP contribution in [0.2, 0.25) is 0 Å². The lowest BCUT2D eigenvalue weighted by Crippen LogP contribution is -2.03. The molecular weight excluding hydrogens is 278 g/mol. The average Bonchev–Trinajstić information content (AvgIpc) is 3.11. The van der Waals surface area contributed by atoms with Crippen LogP contribution in [-0.4, -0.2) is 16.5 Å². The van der Waals surface area contributed by atoms with Gasteiger partial charge in [0.2, 0.25) is 0 Å². The van der Waals surface area contributed by atoms with Gasteiger partial charge in [-0.15, -0.1) is 0 Å². The Morgan fingerprint density at radius 3 is 2.86 bits per heavy atom. The second kappa shape index (κ2) is 5.22. The molecule has 0 saturated carbocycles. The van der Waals surface area contributed by atoms with Gasteiger partial charge in [0.05, 0.1) is 10.2 Å². The number of nitrogens with one attached hydrogen (secondary N) is 2. The van der Waals surface area contributed by atoms with Crippen LogP contribution in [0.4, 0.5) is 5.13 Å². The number of benzene rings is 2. The number of aromatic nitrogens is 2. The number of para-hydroxylation sites is 2. The maximum atomic E-state index is 4.59. The number of fused-ring (bicyclic) bond motifs is 2. The molecule has 2 aromatic carbocycles. The summed E-state index contributed by atoms with van der Waals surface area (Å²) in [7, 11) is 0. The number of anilines is 1. The first kappa shape index (κ1) is 12.4. The highest BCUT2D eigenvalue weighted by atomic mass is 32.1. The molecule has 21 heavy (non-hydrogen) atoms. The number of hydrogen-bond donors (Lipinski definition) is 2. The largest absolute Gasteiger partial charge is 0.361 e. The molecule has 0 aliphatic heterocycles. The SMILES string of the molecule is c1ccc2sc(NCCc3c[nH]c4ccccc34)nc2c1. The summed E-state index contributed by atoms with van der Waals surface area (Å²) in [6.07, 6.45) is 3.09. The second-order valence-corrected chi connectivity index (χ2v) is 6.05. The number of rotatable bonds is 4. The van der Waals surface area contributed by atoms with Gasteiger partial charge in [-0.25, -0.2) is 4.98 Å². The average molecular weight is 293 g/mol. The molecule has 4 heteroatoms. The monoisotopic (exact) mass is 293 g/mol. The van der Waals surface area contributed by atoms with Crippen LogP contribution in [0.3, 0.4) is 0 Å². The van der Waals surface area contributed by atoms with Gasteiger partial charge in [-0.3, -0.25) is 0 Å². The zero-order valence-electron chi connectivity index (χ0n) is 11.5. The van der Waals surface area contributed by atoms with Crippen LogP contribution in [0.1, 0.15) is 5.56 Å². The number of thiazole rings is 1. The van der Waals surface area contributed by atoms with Crippen molar-refractivity contribution in [2.45, 2.75) is 6.42 Å². The third-order valence-electron chi connectivity index (χ3n) is 3.64. The molecule has 4 aromatic rings. The topological polar surface area (TPSA) is 40.7 Å². The minimum Gasteiger partial charge on any atom is -0.361 e. The van der Waals surface area contributed by atoms with Gasteiger partial charge in [-0.1, -0.05) is 41.7 Å². The molecule has 0 radical (unpaired) electrons.